The normalized spacial score (nSPS) is 20.6. The number of nitrogens with zero attached hydrogens (tertiary/aromatic N) is 2. The summed E-state index contributed by atoms with van der Waals surface area (Å²) in [6.45, 7) is 3.15. The first-order valence-electron chi connectivity index (χ1n) is 6.83. The Morgan fingerprint density at radius 2 is 2.16 bits per heavy atom. The molecule has 104 valence electrons. The van der Waals surface area contributed by atoms with Gasteiger partial charge in [0.1, 0.15) is 0 Å². The summed E-state index contributed by atoms with van der Waals surface area (Å²) in [5, 5.41) is 8.86. The molecule has 4 heteroatoms. The highest BCUT2D eigenvalue weighted by molar-refractivity contribution is 5.69. The molecule has 0 radical (unpaired) electrons. The van der Waals surface area contributed by atoms with E-state index in [9.17, 15) is 4.79 Å². The average Bonchev–Trinajstić information content (AvgIpc) is 2.39. The van der Waals surface area contributed by atoms with E-state index in [4.69, 9.17) is 5.11 Å². The maximum absolute atomic E-state index is 10.8. The van der Waals surface area contributed by atoms with Crippen LogP contribution in [0, 0.1) is 0 Å². The van der Waals surface area contributed by atoms with Crippen LogP contribution in [-0.4, -0.2) is 53.6 Å². The molecule has 4 nitrogen and oxygen atoms in total. The third-order valence-corrected chi connectivity index (χ3v) is 3.74. The Balaban J connectivity index is 1.88. The van der Waals surface area contributed by atoms with Crippen molar-refractivity contribution in [3.63, 3.8) is 0 Å². The Morgan fingerprint density at radius 1 is 1.42 bits per heavy atom. The zero-order chi connectivity index (χ0) is 13.7. The summed E-state index contributed by atoms with van der Waals surface area (Å²) in [4.78, 5) is 15.1. The van der Waals surface area contributed by atoms with Gasteiger partial charge >= 0.3 is 5.97 Å². The van der Waals surface area contributed by atoms with E-state index in [0.717, 1.165) is 32.5 Å². The molecule has 1 aliphatic rings. The molecule has 0 aromatic heterocycles. The minimum absolute atomic E-state index is 0.129. The first-order chi connectivity index (χ1) is 9.15. The van der Waals surface area contributed by atoms with Crippen molar-refractivity contribution in [2.24, 2.45) is 0 Å². The lowest BCUT2D eigenvalue weighted by Crippen LogP contribution is -2.47. The van der Waals surface area contributed by atoms with Gasteiger partial charge in [0.15, 0.2) is 0 Å². The SMILES string of the molecule is CN(CC(=O)O)[C@@H]1CCCN(Cc2ccccc2)C1. The van der Waals surface area contributed by atoms with Gasteiger partial charge in [0.2, 0.25) is 0 Å². The Hall–Kier alpha value is -1.39. The molecular formula is C15H22N2O2. The lowest BCUT2D eigenvalue weighted by Gasteiger charge is -2.37. The van der Waals surface area contributed by atoms with Gasteiger partial charge in [-0.25, -0.2) is 0 Å². The lowest BCUT2D eigenvalue weighted by molar-refractivity contribution is -0.138. The standard InChI is InChI=1S/C15H22N2O2/c1-16(12-15(18)19)14-8-5-9-17(11-14)10-13-6-3-2-4-7-13/h2-4,6-7,14H,5,8-12H2,1H3,(H,18,19)/t14-/m1/s1. The van der Waals surface area contributed by atoms with Crippen LogP contribution in [0.3, 0.4) is 0 Å². The van der Waals surface area contributed by atoms with Gasteiger partial charge in [-0.05, 0) is 32.0 Å². The molecule has 1 N–H and O–H groups in total. The Kier molecular flexibility index (Phi) is 4.93. The molecule has 0 amide bonds. The van der Waals surface area contributed by atoms with Gasteiger partial charge < -0.3 is 5.11 Å². The summed E-state index contributed by atoms with van der Waals surface area (Å²) in [7, 11) is 1.91. The van der Waals surface area contributed by atoms with E-state index < -0.39 is 5.97 Å². The van der Waals surface area contributed by atoms with Gasteiger partial charge in [-0.2, -0.15) is 0 Å². The van der Waals surface area contributed by atoms with Crippen LogP contribution in [0.4, 0.5) is 0 Å². The topological polar surface area (TPSA) is 43.8 Å². The summed E-state index contributed by atoms with van der Waals surface area (Å²) in [6.07, 6.45) is 2.23. The largest absolute Gasteiger partial charge is 0.480 e. The molecule has 0 aliphatic carbocycles. The molecule has 0 saturated carbocycles. The summed E-state index contributed by atoms with van der Waals surface area (Å²) in [6, 6.07) is 10.8. The van der Waals surface area contributed by atoms with Crippen molar-refractivity contribution < 1.29 is 9.90 Å². The van der Waals surface area contributed by atoms with Crippen LogP contribution in [0.2, 0.25) is 0 Å². The molecule has 1 aromatic carbocycles. The van der Waals surface area contributed by atoms with Crippen molar-refractivity contribution in [1.29, 1.82) is 0 Å². The van der Waals surface area contributed by atoms with E-state index in [2.05, 4.69) is 29.2 Å². The Morgan fingerprint density at radius 3 is 2.84 bits per heavy atom. The number of rotatable bonds is 5. The minimum Gasteiger partial charge on any atom is -0.480 e. The van der Waals surface area contributed by atoms with Crippen molar-refractivity contribution in [1.82, 2.24) is 9.80 Å². The van der Waals surface area contributed by atoms with Crippen molar-refractivity contribution in [3.05, 3.63) is 35.9 Å². The molecule has 0 unspecified atom stereocenters. The number of carbonyl (C=O) groups is 1. The van der Waals surface area contributed by atoms with Crippen molar-refractivity contribution in [2.45, 2.75) is 25.4 Å². The first-order valence-corrected chi connectivity index (χ1v) is 6.83. The Labute approximate surface area is 114 Å². The number of hydrogen-bond acceptors (Lipinski definition) is 3. The third kappa shape index (κ3) is 4.33. The fourth-order valence-electron chi connectivity index (χ4n) is 2.72. The second-order valence-corrected chi connectivity index (χ2v) is 5.33. The molecule has 0 bridgehead atoms. The van der Waals surface area contributed by atoms with E-state index in [1.165, 1.54) is 5.56 Å². The minimum atomic E-state index is -0.748. The molecule has 1 atom stereocenters. The van der Waals surface area contributed by atoms with Gasteiger partial charge in [-0.3, -0.25) is 14.6 Å². The second-order valence-electron chi connectivity index (χ2n) is 5.33. The molecule has 1 aromatic rings. The molecule has 2 rings (SSSR count). The van der Waals surface area contributed by atoms with Crippen LogP contribution in [0.1, 0.15) is 18.4 Å². The number of likely N-dealkylation sites (N-methyl/N-ethyl adjacent to an activating group) is 1. The van der Waals surface area contributed by atoms with Gasteiger partial charge in [0.05, 0.1) is 6.54 Å². The van der Waals surface area contributed by atoms with Crippen LogP contribution < -0.4 is 0 Å². The van der Waals surface area contributed by atoms with Gasteiger partial charge in [0.25, 0.3) is 0 Å². The molecule has 1 fully saturated rings. The number of hydrogen-bond donors (Lipinski definition) is 1. The van der Waals surface area contributed by atoms with E-state index in [1.54, 1.807) is 0 Å². The summed E-state index contributed by atoms with van der Waals surface area (Å²) in [5.74, 6) is -0.748. The number of carboxylic acids is 1. The summed E-state index contributed by atoms with van der Waals surface area (Å²) in [5.41, 5.74) is 1.32. The Bertz CT molecular complexity index is 408. The van der Waals surface area contributed by atoms with Gasteiger partial charge in [-0.1, -0.05) is 30.3 Å². The number of carboxylic acid groups (broad SMARTS) is 1. The molecule has 1 aliphatic heterocycles. The van der Waals surface area contributed by atoms with Crippen molar-refractivity contribution in [3.8, 4) is 0 Å². The lowest BCUT2D eigenvalue weighted by atomic mass is 10.0. The number of likely N-dealkylation sites (tertiary alicyclic amines) is 1. The van der Waals surface area contributed by atoms with Crippen LogP contribution in [0.25, 0.3) is 0 Å². The second kappa shape index (κ2) is 6.68. The number of piperidine rings is 1. The average molecular weight is 262 g/mol. The van der Waals surface area contributed by atoms with E-state index >= 15 is 0 Å². The predicted octanol–water partition coefficient (Wildman–Crippen LogP) is 1.67. The van der Waals surface area contributed by atoms with Crippen molar-refractivity contribution >= 4 is 5.97 Å². The summed E-state index contributed by atoms with van der Waals surface area (Å²) >= 11 is 0. The first kappa shape index (κ1) is 14.0. The fourth-order valence-corrected chi connectivity index (χ4v) is 2.72. The van der Waals surface area contributed by atoms with Gasteiger partial charge in [-0.15, -0.1) is 0 Å². The fraction of sp³-hybridized carbons (Fsp3) is 0.533. The van der Waals surface area contributed by atoms with Gasteiger partial charge in [0, 0.05) is 19.1 Å². The summed E-state index contributed by atoms with van der Waals surface area (Å²) < 4.78 is 0. The van der Waals surface area contributed by atoms with Crippen LogP contribution in [0.5, 0.6) is 0 Å². The highest BCUT2D eigenvalue weighted by atomic mass is 16.4. The monoisotopic (exact) mass is 262 g/mol. The van der Waals surface area contributed by atoms with Crippen LogP contribution in [0.15, 0.2) is 30.3 Å². The van der Waals surface area contributed by atoms with E-state index in [-0.39, 0.29) is 6.54 Å². The van der Waals surface area contributed by atoms with E-state index in [0.29, 0.717) is 6.04 Å². The predicted molar refractivity (Wildman–Crippen MR) is 75.0 cm³/mol. The smallest absolute Gasteiger partial charge is 0.317 e. The molecular weight excluding hydrogens is 240 g/mol. The quantitative estimate of drug-likeness (QED) is 0.876. The zero-order valence-electron chi connectivity index (χ0n) is 11.5. The van der Waals surface area contributed by atoms with Crippen LogP contribution in [-0.2, 0) is 11.3 Å². The highest BCUT2D eigenvalue weighted by Crippen LogP contribution is 2.17. The number of aliphatic carboxylic acids is 1. The maximum Gasteiger partial charge on any atom is 0.317 e. The zero-order valence-corrected chi connectivity index (χ0v) is 11.5. The highest BCUT2D eigenvalue weighted by Gasteiger charge is 2.24. The van der Waals surface area contributed by atoms with Crippen molar-refractivity contribution in [2.75, 3.05) is 26.7 Å². The molecule has 1 heterocycles. The van der Waals surface area contributed by atoms with Crippen LogP contribution >= 0.6 is 0 Å². The third-order valence-electron chi connectivity index (χ3n) is 3.74. The number of benzene rings is 1. The molecule has 0 spiro atoms. The maximum atomic E-state index is 10.8. The molecule has 1 saturated heterocycles. The molecule has 19 heavy (non-hydrogen) atoms. The van der Waals surface area contributed by atoms with E-state index in [1.807, 2.05) is 18.0 Å².